The Bertz CT molecular complexity index is 1160. The standard InChI is InChI=1S/C25H32F3N3O4/c1-23(2,33)15-35-19-8-7-16(25(26,27)28)12-18(19)22(32)29-21-13-20(24(3)9-10-24)30(4)31(21)14-17-6-5-11-34-17/h7-8,12-13,17,33H,5-6,9-11,14-15H2,1-4H3. The zero-order valence-electron chi connectivity index (χ0n) is 20.5. The van der Waals surface area contributed by atoms with Crippen LogP contribution < -0.4 is 10.2 Å². The van der Waals surface area contributed by atoms with Crippen molar-refractivity contribution in [3.8, 4) is 5.75 Å². The number of aromatic nitrogens is 2. The highest BCUT2D eigenvalue weighted by molar-refractivity contribution is 5.97. The van der Waals surface area contributed by atoms with Crippen molar-refractivity contribution in [2.75, 3.05) is 13.2 Å². The van der Waals surface area contributed by atoms with Crippen LogP contribution in [-0.2, 0) is 29.9 Å². The minimum atomic E-state index is -4.63. The van der Waals surface area contributed by atoms with E-state index in [0.717, 1.165) is 49.6 Å². The third-order valence-electron chi connectivity index (χ3n) is 6.59. The maximum Gasteiger partial charge on any atom is 0.416 e. The predicted molar refractivity (Wildman–Crippen MR) is 122 cm³/mol. The van der Waals surface area contributed by atoms with E-state index >= 15 is 0 Å². The van der Waals surface area contributed by atoms with Crippen molar-refractivity contribution in [1.82, 2.24) is 9.36 Å². The van der Waals surface area contributed by atoms with E-state index in [9.17, 15) is 23.1 Å². The number of hydrogen-bond donors (Lipinski definition) is 1. The number of nitrogens with zero attached hydrogens (tertiary/aromatic N) is 3. The molecule has 2 fully saturated rings. The van der Waals surface area contributed by atoms with Gasteiger partial charge in [0.2, 0.25) is 0 Å². The van der Waals surface area contributed by atoms with Gasteiger partial charge in [0.1, 0.15) is 12.4 Å². The third-order valence-corrected chi connectivity index (χ3v) is 6.59. The molecule has 2 heterocycles. The molecule has 1 aromatic carbocycles. The number of carbonyl (C=O) groups is 1. The smallest absolute Gasteiger partial charge is 0.416 e. The summed E-state index contributed by atoms with van der Waals surface area (Å²) in [7, 11) is 1.90. The molecule has 2 aromatic rings. The van der Waals surface area contributed by atoms with E-state index in [1.54, 1.807) is 0 Å². The van der Waals surface area contributed by atoms with Crippen LogP contribution in [0.3, 0.4) is 0 Å². The summed E-state index contributed by atoms with van der Waals surface area (Å²) in [6, 6.07) is 4.54. The maximum absolute atomic E-state index is 13.4. The molecule has 1 saturated carbocycles. The molecule has 0 spiro atoms. The molecule has 2 aliphatic rings. The van der Waals surface area contributed by atoms with Gasteiger partial charge in [-0.1, -0.05) is 6.92 Å². The van der Waals surface area contributed by atoms with Crippen LogP contribution in [0.4, 0.5) is 13.2 Å². The second-order valence-electron chi connectivity index (χ2n) is 10.4. The summed E-state index contributed by atoms with van der Waals surface area (Å²) in [5.74, 6) is -0.911. The first-order valence-electron chi connectivity index (χ1n) is 11.8. The van der Waals surface area contributed by atoms with Gasteiger partial charge < -0.3 is 14.6 Å². The van der Waals surface area contributed by atoms with Gasteiger partial charge >= 0.3 is 6.18 Å². The molecule has 1 N–H and O–H groups in total. The summed E-state index contributed by atoms with van der Waals surface area (Å²) >= 11 is 0. The molecular weight excluding hydrogens is 463 g/mol. The molecule has 1 aliphatic heterocycles. The molecule has 1 aromatic heterocycles. The van der Waals surface area contributed by atoms with Gasteiger partial charge in [-0.2, -0.15) is 18.2 Å². The van der Waals surface area contributed by atoms with E-state index in [2.05, 4.69) is 11.9 Å². The van der Waals surface area contributed by atoms with Crippen molar-refractivity contribution in [3.63, 3.8) is 0 Å². The minimum absolute atomic E-state index is 0.0129. The summed E-state index contributed by atoms with van der Waals surface area (Å²) in [4.78, 5) is 17.5. The first-order chi connectivity index (χ1) is 16.3. The first kappa shape index (κ1) is 25.5. The summed E-state index contributed by atoms with van der Waals surface area (Å²) in [5.41, 5.74) is -1.15. The Hall–Kier alpha value is -2.59. The normalized spacial score (nSPS) is 20.3. The highest BCUT2D eigenvalue weighted by Crippen LogP contribution is 2.47. The van der Waals surface area contributed by atoms with Crippen molar-refractivity contribution in [2.45, 2.75) is 76.3 Å². The van der Waals surface area contributed by atoms with Crippen molar-refractivity contribution < 1.29 is 32.5 Å². The number of carbonyl (C=O) groups excluding carboxylic acids is 1. The number of ether oxygens (including phenoxy) is 2. The quantitative estimate of drug-likeness (QED) is 0.631. The highest BCUT2D eigenvalue weighted by Gasteiger charge is 2.42. The van der Waals surface area contributed by atoms with Crippen LogP contribution in [0.15, 0.2) is 29.3 Å². The molecule has 0 radical (unpaired) electrons. The van der Waals surface area contributed by atoms with Gasteiger partial charge in [-0.15, -0.1) is 0 Å². The van der Waals surface area contributed by atoms with Crippen molar-refractivity contribution in [2.24, 2.45) is 12.0 Å². The Balaban J connectivity index is 1.77. The fourth-order valence-electron chi connectivity index (χ4n) is 4.29. The van der Waals surface area contributed by atoms with Gasteiger partial charge in [0.15, 0.2) is 5.49 Å². The third kappa shape index (κ3) is 5.81. The van der Waals surface area contributed by atoms with Gasteiger partial charge in [0.05, 0.1) is 29.4 Å². The molecule has 1 aliphatic carbocycles. The summed E-state index contributed by atoms with van der Waals surface area (Å²) in [6.45, 7) is 6.11. The summed E-state index contributed by atoms with van der Waals surface area (Å²) < 4.78 is 55.4. The Morgan fingerprint density at radius 3 is 2.57 bits per heavy atom. The van der Waals surface area contributed by atoms with Crippen LogP contribution in [-0.4, -0.2) is 45.3 Å². The monoisotopic (exact) mass is 495 g/mol. The van der Waals surface area contributed by atoms with E-state index in [1.807, 2.05) is 22.5 Å². The molecule has 10 heteroatoms. The average Bonchev–Trinajstić information content (AvgIpc) is 3.16. The lowest BCUT2D eigenvalue weighted by Gasteiger charge is -2.19. The van der Waals surface area contributed by atoms with Gasteiger partial charge in [0.25, 0.3) is 5.91 Å². The number of alkyl halides is 3. The molecule has 4 rings (SSSR count). The van der Waals surface area contributed by atoms with E-state index in [0.29, 0.717) is 18.6 Å². The SMILES string of the molecule is Cn1c(C2(C)CC2)cc(=NC(=O)c2cc(C(F)(F)F)ccc2OCC(C)(C)O)n1CC1CCCO1. The lowest BCUT2D eigenvalue weighted by Crippen LogP contribution is -2.30. The largest absolute Gasteiger partial charge is 0.490 e. The zero-order valence-corrected chi connectivity index (χ0v) is 20.5. The van der Waals surface area contributed by atoms with Crippen LogP contribution in [0.25, 0.3) is 0 Å². The maximum atomic E-state index is 13.4. The Morgan fingerprint density at radius 2 is 2.00 bits per heavy atom. The number of aliphatic hydroxyl groups is 1. The molecule has 1 saturated heterocycles. The lowest BCUT2D eigenvalue weighted by atomic mass is 10.1. The van der Waals surface area contributed by atoms with Crippen LogP contribution >= 0.6 is 0 Å². The molecule has 35 heavy (non-hydrogen) atoms. The highest BCUT2D eigenvalue weighted by atomic mass is 19.4. The van der Waals surface area contributed by atoms with Crippen LogP contribution in [0, 0.1) is 0 Å². The predicted octanol–water partition coefficient (Wildman–Crippen LogP) is 3.97. The molecule has 1 unspecified atom stereocenters. The fourth-order valence-corrected chi connectivity index (χ4v) is 4.29. The Labute approximate surface area is 202 Å². The molecule has 1 amide bonds. The van der Waals surface area contributed by atoms with Crippen LogP contribution in [0.1, 0.15) is 68.1 Å². The van der Waals surface area contributed by atoms with Crippen LogP contribution in [0.2, 0.25) is 0 Å². The number of rotatable bonds is 7. The Kier molecular flexibility index (Phi) is 6.65. The van der Waals surface area contributed by atoms with Crippen molar-refractivity contribution in [1.29, 1.82) is 0 Å². The van der Waals surface area contributed by atoms with E-state index in [4.69, 9.17) is 9.47 Å². The van der Waals surface area contributed by atoms with E-state index in [-0.39, 0.29) is 29.4 Å². The zero-order chi connectivity index (χ0) is 25.6. The fraction of sp³-hybridized carbons (Fsp3) is 0.600. The molecule has 0 bridgehead atoms. The van der Waals surface area contributed by atoms with E-state index < -0.39 is 23.2 Å². The van der Waals surface area contributed by atoms with Gasteiger partial charge in [0, 0.05) is 30.8 Å². The second kappa shape index (κ2) is 9.13. The van der Waals surface area contributed by atoms with Gasteiger partial charge in [-0.05, 0) is 57.7 Å². The average molecular weight is 496 g/mol. The van der Waals surface area contributed by atoms with Crippen LogP contribution in [0.5, 0.6) is 5.75 Å². The lowest BCUT2D eigenvalue weighted by molar-refractivity contribution is -0.137. The minimum Gasteiger partial charge on any atom is -0.490 e. The van der Waals surface area contributed by atoms with Gasteiger partial charge in [-0.3, -0.25) is 14.2 Å². The number of benzene rings is 1. The van der Waals surface area contributed by atoms with E-state index in [1.165, 1.54) is 13.8 Å². The Morgan fingerprint density at radius 1 is 1.29 bits per heavy atom. The molecule has 1 atom stereocenters. The van der Waals surface area contributed by atoms with Crippen molar-refractivity contribution >= 4 is 5.91 Å². The van der Waals surface area contributed by atoms with Crippen molar-refractivity contribution in [3.05, 3.63) is 46.6 Å². The molecular formula is C25H32F3N3O4. The van der Waals surface area contributed by atoms with Gasteiger partial charge in [-0.25, -0.2) is 0 Å². The number of amides is 1. The topological polar surface area (TPSA) is 78.0 Å². The summed E-state index contributed by atoms with van der Waals surface area (Å²) in [5, 5.41) is 9.98. The number of hydrogen-bond acceptors (Lipinski definition) is 4. The first-order valence-corrected chi connectivity index (χ1v) is 11.8. The molecule has 7 nitrogen and oxygen atoms in total. The molecule has 192 valence electrons. The summed E-state index contributed by atoms with van der Waals surface area (Å²) in [6.07, 6.45) is -0.777. The number of halogens is 3. The second-order valence-corrected chi connectivity index (χ2v) is 10.4.